The number of aromatic nitrogens is 3. The van der Waals surface area contributed by atoms with Crippen LogP contribution in [0, 0.1) is 13.8 Å². The molecule has 2 N–H and O–H groups in total. The Morgan fingerprint density at radius 3 is 2.78 bits per heavy atom. The zero-order valence-electron chi connectivity index (χ0n) is 19.1. The van der Waals surface area contributed by atoms with Crippen LogP contribution in [0.1, 0.15) is 28.6 Å². The van der Waals surface area contributed by atoms with Crippen LogP contribution in [0.25, 0.3) is 11.4 Å². The van der Waals surface area contributed by atoms with E-state index in [1.807, 2.05) is 24.3 Å². The molecule has 0 saturated carbocycles. The minimum atomic E-state index is 0.0230. The van der Waals surface area contributed by atoms with Gasteiger partial charge in [-0.05, 0) is 49.2 Å². The quantitative estimate of drug-likeness (QED) is 0.474. The Hall–Kier alpha value is -3.39. The van der Waals surface area contributed by atoms with E-state index in [4.69, 9.17) is 9.47 Å². The normalized spacial score (nSPS) is 16.8. The van der Waals surface area contributed by atoms with E-state index in [0.717, 1.165) is 36.2 Å². The van der Waals surface area contributed by atoms with Crippen LogP contribution in [-0.4, -0.2) is 59.9 Å². The van der Waals surface area contributed by atoms with Gasteiger partial charge in [0.2, 0.25) is 0 Å². The highest BCUT2D eigenvalue weighted by Gasteiger charge is 2.25. The van der Waals surface area contributed by atoms with Crippen LogP contribution < -0.4 is 10.1 Å². The maximum atomic E-state index is 6.08. The summed E-state index contributed by atoms with van der Waals surface area (Å²) in [5.41, 5.74) is 4.68. The third-order valence-electron chi connectivity index (χ3n) is 5.64. The molecule has 0 aliphatic carbocycles. The molecule has 2 heterocycles. The first-order valence-electron chi connectivity index (χ1n) is 10.8. The van der Waals surface area contributed by atoms with E-state index in [-0.39, 0.29) is 6.10 Å². The van der Waals surface area contributed by atoms with Gasteiger partial charge in [-0.15, -0.1) is 0 Å². The topological polar surface area (TPSA) is 87.7 Å². The molecular weight excluding hydrogens is 404 g/mol. The number of aromatic amines is 1. The lowest BCUT2D eigenvalue weighted by Gasteiger charge is -2.35. The van der Waals surface area contributed by atoms with Gasteiger partial charge >= 0.3 is 0 Å². The molecule has 0 bridgehead atoms. The third-order valence-corrected chi connectivity index (χ3v) is 5.64. The zero-order chi connectivity index (χ0) is 22.5. The summed E-state index contributed by atoms with van der Waals surface area (Å²) in [7, 11) is 3.45. The minimum absolute atomic E-state index is 0.0230. The van der Waals surface area contributed by atoms with E-state index in [9.17, 15) is 0 Å². The van der Waals surface area contributed by atoms with Gasteiger partial charge in [-0.25, -0.2) is 4.98 Å². The third kappa shape index (κ3) is 4.91. The fraction of sp³-hybridized carbons (Fsp3) is 0.375. The molecule has 1 aromatic heterocycles. The molecule has 32 heavy (non-hydrogen) atoms. The molecule has 4 rings (SSSR count). The highest BCUT2D eigenvalue weighted by Crippen LogP contribution is 2.26. The van der Waals surface area contributed by atoms with Gasteiger partial charge in [0.15, 0.2) is 11.8 Å². The molecule has 3 aromatic rings. The Morgan fingerprint density at radius 2 is 2.06 bits per heavy atom. The van der Waals surface area contributed by atoms with Crippen molar-refractivity contribution >= 4 is 5.96 Å². The first-order valence-corrected chi connectivity index (χ1v) is 10.8. The Kier molecular flexibility index (Phi) is 6.70. The molecule has 8 nitrogen and oxygen atoms in total. The molecule has 1 atom stereocenters. The highest BCUT2D eigenvalue weighted by molar-refractivity contribution is 5.80. The molecule has 0 radical (unpaired) electrons. The summed E-state index contributed by atoms with van der Waals surface area (Å²) in [6, 6.07) is 14.2. The molecule has 1 saturated heterocycles. The van der Waals surface area contributed by atoms with Crippen molar-refractivity contribution in [3.63, 3.8) is 0 Å². The second kappa shape index (κ2) is 9.82. The first kappa shape index (κ1) is 21.8. The predicted molar refractivity (Wildman–Crippen MR) is 125 cm³/mol. The van der Waals surface area contributed by atoms with Crippen LogP contribution >= 0.6 is 0 Å². The van der Waals surface area contributed by atoms with E-state index in [1.165, 1.54) is 16.7 Å². The van der Waals surface area contributed by atoms with Gasteiger partial charge in [0.1, 0.15) is 17.7 Å². The summed E-state index contributed by atoms with van der Waals surface area (Å²) < 4.78 is 11.3. The molecule has 1 aliphatic heterocycles. The number of nitrogens with zero attached hydrogens (tertiary/aromatic N) is 4. The molecule has 0 spiro atoms. The number of aryl methyl sites for hydroxylation is 2. The SMILES string of the molecule is CN=C(NCc1nc(-c2ccc(OC)cc2)n[nH]1)N1CCOC(c2ccc(C)cc2C)C1. The molecule has 1 aliphatic rings. The number of guanidine groups is 1. The van der Waals surface area contributed by atoms with Crippen LogP contribution in [0.2, 0.25) is 0 Å². The number of benzene rings is 2. The lowest BCUT2D eigenvalue weighted by atomic mass is 10.00. The Balaban J connectivity index is 1.39. The summed E-state index contributed by atoms with van der Waals surface area (Å²) in [4.78, 5) is 11.3. The number of hydrogen-bond donors (Lipinski definition) is 2. The largest absolute Gasteiger partial charge is 0.497 e. The average Bonchev–Trinajstić information content (AvgIpc) is 3.29. The van der Waals surface area contributed by atoms with Crippen LogP contribution in [-0.2, 0) is 11.3 Å². The van der Waals surface area contributed by atoms with E-state index < -0.39 is 0 Å². The van der Waals surface area contributed by atoms with Gasteiger partial charge < -0.3 is 19.7 Å². The van der Waals surface area contributed by atoms with Crippen molar-refractivity contribution in [1.82, 2.24) is 25.4 Å². The van der Waals surface area contributed by atoms with Gasteiger partial charge in [0.05, 0.1) is 26.8 Å². The Morgan fingerprint density at radius 1 is 1.25 bits per heavy atom. The van der Waals surface area contributed by atoms with Crippen molar-refractivity contribution in [3.8, 4) is 17.1 Å². The van der Waals surface area contributed by atoms with Crippen molar-refractivity contribution in [2.75, 3.05) is 33.9 Å². The average molecular weight is 435 g/mol. The van der Waals surface area contributed by atoms with E-state index in [1.54, 1.807) is 14.2 Å². The Bertz CT molecular complexity index is 1080. The summed E-state index contributed by atoms with van der Waals surface area (Å²) >= 11 is 0. The van der Waals surface area contributed by atoms with Gasteiger partial charge in [0, 0.05) is 19.2 Å². The fourth-order valence-electron chi connectivity index (χ4n) is 3.96. The summed E-state index contributed by atoms with van der Waals surface area (Å²) in [6.07, 6.45) is 0.0230. The molecule has 168 valence electrons. The van der Waals surface area contributed by atoms with Gasteiger partial charge in [0.25, 0.3) is 0 Å². The van der Waals surface area contributed by atoms with Crippen molar-refractivity contribution in [2.24, 2.45) is 4.99 Å². The number of H-pyrrole nitrogens is 1. The van der Waals surface area contributed by atoms with Crippen LogP contribution in [0.4, 0.5) is 0 Å². The van der Waals surface area contributed by atoms with Crippen LogP contribution in [0.15, 0.2) is 47.5 Å². The maximum absolute atomic E-state index is 6.08. The van der Waals surface area contributed by atoms with E-state index in [2.05, 4.69) is 62.4 Å². The predicted octanol–water partition coefficient (Wildman–Crippen LogP) is 3.25. The molecule has 0 amide bonds. The van der Waals surface area contributed by atoms with Crippen molar-refractivity contribution < 1.29 is 9.47 Å². The minimum Gasteiger partial charge on any atom is -0.497 e. The summed E-state index contributed by atoms with van der Waals surface area (Å²) in [6.45, 7) is 6.94. The summed E-state index contributed by atoms with van der Waals surface area (Å²) in [5, 5.41) is 10.7. The van der Waals surface area contributed by atoms with Crippen LogP contribution in [0.3, 0.4) is 0 Å². The molecule has 1 fully saturated rings. The van der Waals surface area contributed by atoms with Gasteiger partial charge in [-0.1, -0.05) is 23.8 Å². The lowest BCUT2D eigenvalue weighted by molar-refractivity contribution is -0.00835. The summed E-state index contributed by atoms with van der Waals surface area (Å²) in [5.74, 6) is 3.03. The standard InChI is InChI=1S/C24H30N6O2/c1-16-5-10-20(17(2)13-16)21-15-30(11-12-32-21)24(25-3)26-14-22-27-23(29-28-22)18-6-8-19(31-4)9-7-18/h5-10,13,21H,11-12,14-15H2,1-4H3,(H,25,26)(H,27,28,29). The smallest absolute Gasteiger partial charge is 0.194 e. The van der Waals surface area contributed by atoms with Crippen molar-refractivity contribution in [2.45, 2.75) is 26.5 Å². The number of aliphatic imine (C=N–C) groups is 1. The number of rotatable bonds is 5. The number of ether oxygens (including phenoxy) is 2. The van der Waals surface area contributed by atoms with E-state index in [0.29, 0.717) is 19.0 Å². The second-order valence-corrected chi connectivity index (χ2v) is 7.90. The van der Waals surface area contributed by atoms with E-state index >= 15 is 0 Å². The maximum Gasteiger partial charge on any atom is 0.194 e. The molecule has 1 unspecified atom stereocenters. The van der Waals surface area contributed by atoms with Gasteiger partial charge in [-0.3, -0.25) is 10.1 Å². The number of nitrogens with one attached hydrogen (secondary N) is 2. The molecule has 2 aromatic carbocycles. The van der Waals surface area contributed by atoms with Gasteiger partial charge in [-0.2, -0.15) is 5.10 Å². The number of hydrogen-bond acceptors (Lipinski definition) is 5. The Labute approximate surface area is 188 Å². The zero-order valence-corrected chi connectivity index (χ0v) is 19.1. The second-order valence-electron chi connectivity index (χ2n) is 7.90. The first-order chi connectivity index (χ1) is 15.6. The van der Waals surface area contributed by atoms with Crippen molar-refractivity contribution in [3.05, 3.63) is 65.0 Å². The lowest BCUT2D eigenvalue weighted by Crippen LogP contribution is -2.48. The van der Waals surface area contributed by atoms with Crippen LogP contribution in [0.5, 0.6) is 5.75 Å². The highest BCUT2D eigenvalue weighted by atomic mass is 16.5. The molecular formula is C24H30N6O2. The molecule has 8 heteroatoms. The fourth-order valence-corrected chi connectivity index (χ4v) is 3.96. The monoisotopic (exact) mass is 434 g/mol. The van der Waals surface area contributed by atoms with Crippen molar-refractivity contribution in [1.29, 1.82) is 0 Å². The number of morpholine rings is 1. The number of methoxy groups -OCH3 is 1.